The first kappa shape index (κ1) is 12.1. The van der Waals surface area contributed by atoms with Gasteiger partial charge in [-0.15, -0.1) is 0 Å². The highest BCUT2D eigenvalue weighted by atomic mass is 16.5. The summed E-state index contributed by atoms with van der Waals surface area (Å²) < 4.78 is 5.78. The van der Waals surface area contributed by atoms with Crippen LogP contribution in [0.25, 0.3) is 0 Å². The number of hydrogen-bond donors (Lipinski definition) is 1. The number of aryl methyl sites for hydroxylation is 1. The third-order valence-electron chi connectivity index (χ3n) is 3.84. The number of rotatable bonds is 3. The first-order valence-electron chi connectivity index (χ1n) is 7.06. The van der Waals surface area contributed by atoms with E-state index in [0.29, 0.717) is 6.10 Å². The van der Waals surface area contributed by atoms with Crippen LogP contribution in [-0.4, -0.2) is 22.7 Å². The fourth-order valence-electron chi connectivity index (χ4n) is 2.85. The highest BCUT2D eigenvalue weighted by Gasteiger charge is 2.20. The lowest BCUT2D eigenvalue weighted by molar-refractivity contribution is 0.0156. The molecule has 0 radical (unpaired) electrons. The maximum atomic E-state index is 5.78. The molecule has 1 aromatic rings. The van der Waals surface area contributed by atoms with Gasteiger partial charge >= 0.3 is 0 Å². The van der Waals surface area contributed by atoms with Crippen molar-refractivity contribution in [2.24, 2.45) is 0 Å². The summed E-state index contributed by atoms with van der Waals surface area (Å²) in [6.45, 7) is 4.89. The molecule has 0 spiro atoms. The minimum atomic E-state index is 0.330. The lowest BCUT2D eigenvalue weighted by Gasteiger charge is -2.22. The minimum absolute atomic E-state index is 0.330. The van der Waals surface area contributed by atoms with Crippen molar-refractivity contribution >= 4 is 0 Å². The molecule has 1 aromatic heterocycles. The minimum Gasteiger partial charge on any atom is -0.378 e. The lowest BCUT2D eigenvalue weighted by Crippen LogP contribution is -2.23. The van der Waals surface area contributed by atoms with Crippen LogP contribution in [-0.2, 0) is 30.7 Å². The van der Waals surface area contributed by atoms with Crippen molar-refractivity contribution in [3.8, 4) is 0 Å². The van der Waals surface area contributed by atoms with Crippen LogP contribution < -0.4 is 5.32 Å². The van der Waals surface area contributed by atoms with Gasteiger partial charge in [0.2, 0.25) is 0 Å². The van der Waals surface area contributed by atoms with Gasteiger partial charge in [-0.25, -0.2) is 9.97 Å². The second-order valence-corrected chi connectivity index (χ2v) is 5.16. The van der Waals surface area contributed by atoms with Crippen molar-refractivity contribution in [1.29, 1.82) is 0 Å². The number of hydrogen-bond acceptors (Lipinski definition) is 4. The molecule has 0 aromatic carbocycles. The van der Waals surface area contributed by atoms with Crippen LogP contribution in [0.4, 0.5) is 0 Å². The first-order chi connectivity index (χ1) is 8.86. The Hall–Kier alpha value is -1.00. The molecule has 1 atom stereocenters. The molecule has 98 valence electrons. The van der Waals surface area contributed by atoms with Crippen LogP contribution in [0.3, 0.4) is 0 Å². The van der Waals surface area contributed by atoms with Crippen molar-refractivity contribution in [2.45, 2.75) is 58.2 Å². The molecule has 1 unspecified atom stereocenters. The first-order valence-corrected chi connectivity index (χ1v) is 7.06. The second-order valence-electron chi connectivity index (χ2n) is 5.16. The van der Waals surface area contributed by atoms with Crippen molar-refractivity contribution in [2.75, 3.05) is 6.61 Å². The monoisotopic (exact) mass is 247 g/mol. The number of nitrogens with one attached hydrogen (secondary N) is 1. The summed E-state index contributed by atoms with van der Waals surface area (Å²) in [5.41, 5.74) is 3.74. The van der Waals surface area contributed by atoms with Gasteiger partial charge in [-0.1, -0.05) is 6.92 Å². The van der Waals surface area contributed by atoms with Gasteiger partial charge < -0.3 is 10.1 Å². The summed E-state index contributed by atoms with van der Waals surface area (Å²) >= 11 is 0. The van der Waals surface area contributed by atoms with E-state index in [4.69, 9.17) is 14.7 Å². The van der Waals surface area contributed by atoms with Gasteiger partial charge in [-0.3, -0.25) is 0 Å². The Morgan fingerprint density at radius 3 is 3.00 bits per heavy atom. The molecule has 0 saturated carbocycles. The average Bonchev–Trinajstić information content (AvgIpc) is 2.87. The van der Waals surface area contributed by atoms with Crippen LogP contribution in [0, 0.1) is 0 Å². The molecule has 3 heterocycles. The van der Waals surface area contributed by atoms with Crippen molar-refractivity contribution in [3.63, 3.8) is 0 Å². The number of aromatic nitrogens is 2. The van der Waals surface area contributed by atoms with E-state index in [-0.39, 0.29) is 0 Å². The zero-order chi connectivity index (χ0) is 12.4. The second kappa shape index (κ2) is 5.33. The average molecular weight is 247 g/mol. The van der Waals surface area contributed by atoms with Crippen LogP contribution in [0.5, 0.6) is 0 Å². The third-order valence-corrected chi connectivity index (χ3v) is 3.84. The Kier molecular flexibility index (Phi) is 3.57. The fourth-order valence-corrected chi connectivity index (χ4v) is 2.85. The Morgan fingerprint density at radius 2 is 2.22 bits per heavy atom. The van der Waals surface area contributed by atoms with Crippen LogP contribution in [0.15, 0.2) is 0 Å². The smallest absolute Gasteiger partial charge is 0.131 e. The molecule has 1 N–H and O–H groups in total. The number of ether oxygens (including phenoxy) is 1. The molecule has 1 saturated heterocycles. The van der Waals surface area contributed by atoms with Crippen LogP contribution in [0.2, 0.25) is 0 Å². The Morgan fingerprint density at radius 1 is 1.28 bits per heavy atom. The highest BCUT2D eigenvalue weighted by Crippen LogP contribution is 2.20. The van der Waals surface area contributed by atoms with Gasteiger partial charge in [0, 0.05) is 37.4 Å². The molecule has 4 heteroatoms. The summed E-state index contributed by atoms with van der Waals surface area (Å²) in [6, 6.07) is 0. The summed E-state index contributed by atoms with van der Waals surface area (Å²) in [5.74, 6) is 0.973. The predicted molar refractivity (Wildman–Crippen MR) is 69.2 cm³/mol. The quantitative estimate of drug-likeness (QED) is 0.884. The molecule has 3 rings (SSSR count). The van der Waals surface area contributed by atoms with E-state index >= 15 is 0 Å². The van der Waals surface area contributed by atoms with E-state index in [1.165, 1.54) is 29.8 Å². The van der Waals surface area contributed by atoms with Crippen LogP contribution in [0.1, 0.15) is 49.0 Å². The molecule has 18 heavy (non-hydrogen) atoms. The van der Waals surface area contributed by atoms with Crippen molar-refractivity contribution in [3.05, 3.63) is 22.8 Å². The molecular weight excluding hydrogens is 226 g/mol. The lowest BCUT2D eigenvalue weighted by atomic mass is 10.1. The van der Waals surface area contributed by atoms with Gasteiger partial charge in [0.15, 0.2) is 0 Å². The Labute approximate surface area is 108 Å². The molecule has 2 aliphatic heterocycles. The highest BCUT2D eigenvalue weighted by molar-refractivity contribution is 5.29. The van der Waals surface area contributed by atoms with E-state index in [2.05, 4.69) is 12.2 Å². The van der Waals surface area contributed by atoms with Gasteiger partial charge in [0.1, 0.15) is 5.82 Å². The maximum Gasteiger partial charge on any atom is 0.131 e. The maximum absolute atomic E-state index is 5.78. The molecule has 0 amide bonds. The van der Waals surface area contributed by atoms with Crippen LogP contribution >= 0.6 is 0 Å². The number of nitrogens with zero attached hydrogens (tertiary/aromatic N) is 2. The normalized spacial score (nSPS) is 23.1. The molecular formula is C14H21N3O. The van der Waals surface area contributed by atoms with Gasteiger partial charge in [0.05, 0.1) is 11.8 Å². The third kappa shape index (κ3) is 2.40. The molecule has 4 nitrogen and oxygen atoms in total. The summed E-state index contributed by atoms with van der Waals surface area (Å²) in [6.07, 6.45) is 5.82. The van der Waals surface area contributed by atoms with Crippen molar-refractivity contribution < 1.29 is 4.74 Å². The summed E-state index contributed by atoms with van der Waals surface area (Å²) in [5, 5.41) is 3.36. The van der Waals surface area contributed by atoms with Gasteiger partial charge in [-0.05, 0) is 25.7 Å². The van der Waals surface area contributed by atoms with Gasteiger partial charge in [-0.2, -0.15) is 0 Å². The van der Waals surface area contributed by atoms with Gasteiger partial charge in [0.25, 0.3) is 0 Å². The Bertz CT molecular complexity index is 427. The Balaban J connectivity index is 1.79. The zero-order valence-electron chi connectivity index (χ0n) is 11.0. The molecule has 0 bridgehead atoms. The fraction of sp³-hybridized carbons (Fsp3) is 0.714. The summed E-state index contributed by atoms with van der Waals surface area (Å²) in [4.78, 5) is 9.43. The van der Waals surface area contributed by atoms with Crippen molar-refractivity contribution in [1.82, 2.24) is 15.3 Å². The topological polar surface area (TPSA) is 47.0 Å². The van der Waals surface area contributed by atoms with E-state index in [1.54, 1.807) is 0 Å². The zero-order valence-corrected chi connectivity index (χ0v) is 11.0. The SMILES string of the molecule is CCc1nc(CC2CCCCO2)nc2c1CNC2. The van der Waals surface area contributed by atoms with E-state index in [0.717, 1.165) is 44.8 Å². The number of fused-ring (bicyclic) bond motifs is 1. The largest absolute Gasteiger partial charge is 0.378 e. The van der Waals surface area contributed by atoms with E-state index in [1.807, 2.05) is 0 Å². The predicted octanol–water partition coefficient (Wildman–Crippen LogP) is 1.75. The standard InChI is InChI=1S/C14H21N3O/c1-2-12-11-8-15-9-13(11)17-14(16-12)7-10-5-3-4-6-18-10/h10,15H,2-9H2,1H3. The summed E-state index contributed by atoms with van der Waals surface area (Å²) in [7, 11) is 0. The molecule has 1 fully saturated rings. The van der Waals surface area contributed by atoms with E-state index in [9.17, 15) is 0 Å². The van der Waals surface area contributed by atoms with E-state index < -0.39 is 0 Å². The molecule has 0 aliphatic carbocycles. The molecule has 2 aliphatic rings.